The van der Waals surface area contributed by atoms with Crippen LogP contribution in [0.25, 0.3) is 0 Å². The van der Waals surface area contributed by atoms with Crippen molar-refractivity contribution in [3.63, 3.8) is 0 Å². The molecule has 0 spiro atoms. The van der Waals surface area contributed by atoms with E-state index in [4.69, 9.17) is 0 Å². The summed E-state index contributed by atoms with van der Waals surface area (Å²) in [6.07, 6.45) is 1.70. The number of hydrogen-bond donors (Lipinski definition) is 0. The highest BCUT2D eigenvalue weighted by molar-refractivity contribution is 9.10. The van der Waals surface area contributed by atoms with E-state index < -0.39 is 0 Å². The van der Waals surface area contributed by atoms with Crippen LogP contribution < -0.4 is 0 Å². The second-order valence-corrected chi connectivity index (χ2v) is 6.40. The van der Waals surface area contributed by atoms with Gasteiger partial charge in [-0.25, -0.2) is 0 Å². The molecule has 1 heterocycles. The number of carbonyl (C=O) groups excluding carboxylic acids is 3. The smallest absolute Gasteiger partial charge is 0.229 e. The van der Waals surface area contributed by atoms with Crippen LogP contribution in [0.2, 0.25) is 0 Å². The van der Waals surface area contributed by atoms with Gasteiger partial charge >= 0.3 is 0 Å². The molecule has 0 aliphatic carbocycles. The van der Waals surface area contributed by atoms with Crippen molar-refractivity contribution in [2.24, 2.45) is 5.92 Å². The van der Waals surface area contributed by atoms with Crippen LogP contribution in [0.3, 0.4) is 0 Å². The summed E-state index contributed by atoms with van der Waals surface area (Å²) < 4.78 is 0.928. The summed E-state index contributed by atoms with van der Waals surface area (Å²) in [5.74, 6) is -0.0666. The highest BCUT2D eigenvalue weighted by Gasteiger charge is 2.29. The van der Waals surface area contributed by atoms with Crippen molar-refractivity contribution in [1.82, 2.24) is 4.90 Å². The van der Waals surface area contributed by atoms with E-state index in [1.54, 1.807) is 12.1 Å². The predicted octanol–water partition coefficient (Wildman–Crippen LogP) is 3.20. The zero-order chi connectivity index (χ0) is 15.4. The van der Waals surface area contributed by atoms with E-state index in [9.17, 15) is 14.4 Å². The molecular formula is C16H18BrNO3. The van der Waals surface area contributed by atoms with Gasteiger partial charge in [0.2, 0.25) is 11.8 Å². The normalized spacial score (nSPS) is 16.4. The molecule has 0 aromatic heterocycles. The van der Waals surface area contributed by atoms with Gasteiger partial charge < -0.3 is 0 Å². The molecule has 1 aliphatic heterocycles. The Bertz CT molecular complexity index is 535. The summed E-state index contributed by atoms with van der Waals surface area (Å²) in [5, 5.41) is 0. The fraction of sp³-hybridized carbons (Fsp3) is 0.438. The lowest BCUT2D eigenvalue weighted by Gasteiger charge is -2.28. The minimum atomic E-state index is -0.116. The number of likely N-dealkylation sites (tertiary alicyclic amines) is 1. The first-order valence-corrected chi connectivity index (χ1v) is 7.88. The monoisotopic (exact) mass is 351 g/mol. The summed E-state index contributed by atoms with van der Waals surface area (Å²) >= 11 is 3.32. The van der Waals surface area contributed by atoms with Gasteiger partial charge in [-0.3, -0.25) is 19.3 Å². The third-order valence-corrected chi connectivity index (χ3v) is 4.13. The fourth-order valence-electron chi connectivity index (χ4n) is 2.46. The maximum atomic E-state index is 12.0. The number of Topliss-reactive ketones (excluding diaryl/α,β-unsaturated/α-hetero) is 1. The standard InChI is InChI=1S/C16H18BrNO3/c1-11-9-15(20)18(16(21)10-11)8-2-3-14(19)12-4-6-13(17)7-5-12/h4-7,11H,2-3,8-10H2,1H3. The summed E-state index contributed by atoms with van der Waals surface area (Å²) in [7, 11) is 0. The quantitative estimate of drug-likeness (QED) is 0.604. The molecular weight excluding hydrogens is 334 g/mol. The number of ketones is 1. The van der Waals surface area contributed by atoms with E-state index in [0.717, 1.165) is 4.47 Å². The summed E-state index contributed by atoms with van der Waals surface area (Å²) in [6, 6.07) is 7.19. The van der Waals surface area contributed by atoms with Crippen molar-refractivity contribution in [3.8, 4) is 0 Å². The number of benzene rings is 1. The van der Waals surface area contributed by atoms with E-state index in [1.165, 1.54) is 4.90 Å². The van der Waals surface area contributed by atoms with Gasteiger partial charge in [-0.05, 0) is 24.5 Å². The van der Waals surface area contributed by atoms with Crippen molar-refractivity contribution in [2.75, 3.05) is 6.54 Å². The number of piperidine rings is 1. The molecule has 112 valence electrons. The Kier molecular flexibility index (Phi) is 5.28. The third kappa shape index (κ3) is 4.24. The van der Waals surface area contributed by atoms with Gasteiger partial charge in [0.1, 0.15) is 0 Å². The van der Waals surface area contributed by atoms with Crippen LogP contribution in [0, 0.1) is 5.92 Å². The van der Waals surface area contributed by atoms with Crippen LogP contribution in [0.1, 0.15) is 43.0 Å². The van der Waals surface area contributed by atoms with Crippen molar-refractivity contribution in [1.29, 1.82) is 0 Å². The number of nitrogens with zero attached hydrogens (tertiary/aromatic N) is 1. The average molecular weight is 352 g/mol. The molecule has 1 aromatic rings. The Hall–Kier alpha value is -1.49. The Balaban J connectivity index is 1.84. The number of hydrogen-bond acceptors (Lipinski definition) is 3. The van der Waals surface area contributed by atoms with Crippen LogP contribution in [0.15, 0.2) is 28.7 Å². The first kappa shape index (κ1) is 15.9. The second kappa shape index (κ2) is 6.98. The Morgan fingerprint density at radius 3 is 2.33 bits per heavy atom. The van der Waals surface area contributed by atoms with Crippen LogP contribution in [-0.2, 0) is 9.59 Å². The molecule has 1 fully saturated rings. The highest BCUT2D eigenvalue weighted by Crippen LogP contribution is 2.19. The summed E-state index contributed by atoms with van der Waals surface area (Å²) in [5.41, 5.74) is 0.656. The van der Waals surface area contributed by atoms with Gasteiger partial charge in [-0.15, -0.1) is 0 Å². The van der Waals surface area contributed by atoms with Gasteiger partial charge in [-0.1, -0.05) is 35.0 Å². The molecule has 0 atom stereocenters. The third-order valence-electron chi connectivity index (χ3n) is 3.60. The maximum absolute atomic E-state index is 12.0. The van der Waals surface area contributed by atoms with Crippen molar-refractivity contribution >= 4 is 33.5 Å². The van der Waals surface area contributed by atoms with Gasteiger partial charge in [0.25, 0.3) is 0 Å². The number of carbonyl (C=O) groups is 3. The van der Waals surface area contributed by atoms with Gasteiger partial charge in [0, 0.05) is 35.8 Å². The molecule has 0 saturated carbocycles. The summed E-state index contributed by atoms with van der Waals surface area (Å²) in [4.78, 5) is 36.9. The van der Waals surface area contributed by atoms with Gasteiger partial charge in [0.15, 0.2) is 5.78 Å². The van der Waals surface area contributed by atoms with Crippen LogP contribution in [-0.4, -0.2) is 29.0 Å². The molecule has 5 heteroatoms. The first-order valence-electron chi connectivity index (χ1n) is 7.09. The first-order chi connectivity index (χ1) is 9.97. The molecule has 2 rings (SSSR count). The number of imide groups is 1. The molecule has 0 radical (unpaired) electrons. The maximum Gasteiger partial charge on any atom is 0.229 e. The minimum absolute atomic E-state index is 0.0350. The topological polar surface area (TPSA) is 54.5 Å². The molecule has 1 aromatic carbocycles. The van der Waals surface area contributed by atoms with E-state index in [-0.39, 0.29) is 23.5 Å². The zero-order valence-corrected chi connectivity index (χ0v) is 13.6. The molecule has 1 aliphatic rings. The second-order valence-electron chi connectivity index (χ2n) is 5.49. The van der Waals surface area contributed by atoms with E-state index in [0.29, 0.717) is 37.8 Å². The number of halogens is 1. The predicted molar refractivity (Wildman–Crippen MR) is 82.8 cm³/mol. The summed E-state index contributed by atoms with van der Waals surface area (Å²) in [6.45, 7) is 2.25. The van der Waals surface area contributed by atoms with E-state index >= 15 is 0 Å². The van der Waals surface area contributed by atoms with Gasteiger partial charge in [-0.2, -0.15) is 0 Å². The van der Waals surface area contributed by atoms with E-state index in [1.807, 2.05) is 19.1 Å². The lowest BCUT2D eigenvalue weighted by atomic mass is 9.97. The van der Waals surface area contributed by atoms with Crippen LogP contribution >= 0.6 is 15.9 Å². The Labute approximate surface area is 132 Å². The number of amides is 2. The molecule has 4 nitrogen and oxygen atoms in total. The lowest BCUT2D eigenvalue weighted by Crippen LogP contribution is -2.43. The minimum Gasteiger partial charge on any atom is -0.294 e. The Morgan fingerprint density at radius 2 is 1.76 bits per heavy atom. The molecule has 0 unspecified atom stereocenters. The molecule has 2 amide bonds. The van der Waals surface area contributed by atoms with Crippen molar-refractivity contribution in [2.45, 2.75) is 32.6 Å². The highest BCUT2D eigenvalue weighted by atomic mass is 79.9. The lowest BCUT2D eigenvalue weighted by molar-refractivity contribution is -0.149. The van der Waals surface area contributed by atoms with Gasteiger partial charge in [0.05, 0.1) is 0 Å². The van der Waals surface area contributed by atoms with Crippen molar-refractivity contribution < 1.29 is 14.4 Å². The Morgan fingerprint density at radius 1 is 1.19 bits per heavy atom. The molecule has 0 bridgehead atoms. The largest absolute Gasteiger partial charge is 0.294 e. The van der Waals surface area contributed by atoms with E-state index in [2.05, 4.69) is 15.9 Å². The van der Waals surface area contributed by atoms with Crippen LogP contribution in [0.4, 0.5) is 0 Å². The SMILES string of the molecule is CC1CC(=O)N(CCCC(=O)c2ccc(Br)cc2)C(=O)C1. The zero-order valence-electron chi connectivity index (χ0n) is 12.0. The average Bonchev–Trinajstić information content (AvgIpc) is 2.42. The van der Waals surface area contributed by atoms with Crippen molar-refractivity contribution in [3.05, 3.63) is 34.3 Å². The molecule has 0 N–H and O–H groups in total. The fourth-order valence-corrected chi connectivity index (χ4v) is 2.72. The van der Waals surface area contributed by atoms with Crippen LogP contribution in [0.5, 0.6) is 0 Å². The molecule has 1 saturated heterocycles. The molecule has 21 heavy (non-hydrogen) atoms. The number of rotatable bonds is 5.